The Morgan fingerprint density at radius 3 is 2.80 bits per heavy atom. The molecule has 110 valence electrons. The van der Waals surface area contributed by atoms with E-state index in [2.05, 4.69) is 27.1 Å². The molecule has 1 aliphatic heterocycles. The molecule has 0 aliphatic carbocycles. The van der Waals surface area contributed by atoms with Crippen molar-refractivity contribution in [1.82, 2.24) is 9.97 Å². The van der Waals surface area contributed by atoms with E-state index < -0.39 is 0 Å². The first-order chi connectivity index (χ1) is 9.56. The fraction of sp³-hybridized carbons (Fsp3) is 0.643. The van der Waals surface area contributed by atoms with Crippen LogP contribution in [0.4, 0.5) is 11.6 Å². The van der Waals surface area contributed by atoms with Gasteiger partial charge in [0.2, 0.25) is 5.91 Å². The van der Waals surface area contributed by atoms with E-state index in [1.165, 1.54) is 0 Å². The highest BCUT2D eigenvalue weighted by atomic mass is 16.1. The van der Waals surface area contributed by atoms with Crippen LogP contribution < -0.4 is 16.0 Å². The highest BCUT2D eigenvalue weighted by molar-refractivity contribution is 5.78. The molecule has 2 heterocycles. The van der Waals surface area contributed by atoms with E-state index in [0.29, 0.717) is 6.54 Å². The number of amides is 1. The summed E-state index contributed by atoms with van der Waals surface area (Å²) in [4.78, 5) is 22.6. The number of anilines is 2. The first-order valence-electron chi connectivity index (χ1n) is 7.16. The van der Waals surface area contributed by atoms with E-state index in [9.17, 15) is 4.79 Å². The van der Waals surface area contributed by atoms with Crippen LogP contribution in [0.3, 0.4) is 0 Å². The van der Waals surface area contributed by atoms with Crippen molar-refractivity contribution in [3.05, 3.63) is 11.4 Å². The van der Waals surface area contributed by atoms with Gasteiger partial charge in [-0.3, -0.25) is 4.79 Å². The minimum Gasteiger partial charge on any atom is -0.373 e. The maximum atomic E-state index is 11.3. The number of hydrogen-bond donors (Lipinski definition) is 2. The smallest absolute Gasteiger partial charge is 0.222 e. The Bertz CT molecular complexity index is 503. The molecule has 1 aromatic rings. The number of primary amides is 1. The van der Waals surface area contributed by atoms with Gasteiger partial charge in [0.25, 0.3) is 0 Å². The van der Waals surface area contributed by atoms with E-state index in [4.69, 9.17) is 5.73 Å². The number of carbonyl (C=O) groups excluding carboxylic acids is 1. The number of nitrogens with zero attached hydrogens (tertiary/aromatic N) is 3. The number of nitrogens with two attached hydrogens (primary N) is 1. The summed E-state index contributed by atoms with van der Waals surface area (Å²) in [5.41, 5.74) is 6.42. The zero-order valence-corrected chi connectivity index (χ0v) is 12.4. The lowest BCUT2D eigenvalue weighted by Gasteiger charge is -2.21. The summed E-state index contributed by atoms with van der Waals surface area (Å²) in [6, 6.07) is 0. The lowest BCUT2D eigenvalue weighted by molar-refractivity contribution is -0.121. The van der Waals surface area contributed by atoms with Crippen molar-refractivity contribution in [3.8, 4) is 0 Å². The zero-order chi connectivity index (χ0) is 14.7. The van der Waals surface area contributed by atoms with Gasteiger partial charge in [-0.15, -0.1) is 0 Å². The van der Waals surface area contributed by atoms with Crippen molar-refractivity contribution in [3.63, 3.8) is 0 Å². The van der Waals surface area contributed by atoms with E-state index >= 15 is 0 Å². The predicted molar refractivity (Wildman–Crippen MR) is 79.8 cm³/mol. The topological polar surface area (TPSA) is 84.1 Å². The third-order valence-corrected chi connectivity index (χ3v) is 3.77. The predicted octanol–water partition coefficient (Wildman–Crippen LogP) is 1.09. The molecule has 20 heavy (non-hydrogen) atoms. The molecule has 0 aromatic carbocycles. The number of nitrogens with one attached hydrogen (secondary N) is 1. The zero-order valence-electron chi connectivity index (χ0n) is 12.4. The fourth-order valence-electron chi connectivity index (χ4n) is 2.62. The molecule has 0 saturated carbocycles. The normalized spacial score (nSPS) is 18.4. The van der Waals surface area contributed by atoms with Gasteiger partial charge < -0.3 is 16.0 Å². The van der Waals surface area contributed by atoms with Crippen molar-refractivity contribution < 1.29 is 4.79 Å². The van der Waals surface area contributed by atoms with E-state index in [1.54, 1.807) is 0 Å². The second kappa shape index (κ2) is 6.07. The fourth-order valence-corrected chi connectivity index (χ4v) is 2.62. The SMILES string of the molecule is CCCc1nc(NC)c(C)c(N2CCC(C(N)=O)C2)n1. The van der Waals surface area contributed by atoms with E-state index in [-0.39, 0.29) is 11.8 Å². The minimum atomic E-state index is -0.221. The molecular formula is C14H23N5O. The monoisotopic (exact) mass is 277 g/mol. The molecule has 6 heteroatoms. The molecule has 1 amide bonds. The first kappa shape index (κ1) is 14.6. The number of aromatic nitrogens is 2. The van der Waals surface area contributed by atoms with Gasteiger partial charge in [-0.05, 0) is 19.8 Å². The highest BCUT2D eigenvalue weighted by Crippen LogP contribution is 2.28. The Morgan fingerprint density at radius 1 is 1.50 bits per heavy atom. The largest absolute Gasteiger partial charge is 0.373 e. The van der Waals surface area contributed by atoms with E-state index in [1.807, 2.05) is 14.0 Å². The Labute approximate surface area is 119 Å². The quantitative estimate of drug-likeness (QED) is 0.841. The third-order valence-electron chi connectivity index (χ3n) is 3.77. The molecule has 1 unspecified atom stereocenters. The lowest BCUT2D eigenvalue weighted by atomic mass is 10.1. The van der Waals surface area contributed by atoms with Crippen LogP contribution in [0.15, 0.2) is 0 Å². The van der Waals surface area contributed by atoms with Gasteiger partial charge in [-0.25, -0.2) is 9.97 Å². The molecule has 1 fully saturated rings. The summed E-state index contributed by atoms with van der Waals surface area (Å²) in [6.45, 7) is 5.59. The second-order valence-corrected chi connectivity index (χ2v) is 5.27. The number of rotatable bonds is 5. The molecule has 0 bridgehead atoms. The average Bonchev–Trinajstić information content (AvgIpc) is 2.90. The molecule has 6 nitrogen and oxygen atoms in total. The first-order valence-corrected chi connectivity index (χ1v) is 7.16. The van der Waals surface area contributed by atoms with Gasteiger partial charge in [-0.2, -0.15) is 0 Å². The number of aryl methyl sites for hydroxylation is 1. The standard InChI is InChI=1S/C14H23N5O/c1-4-5-11-17-13(16-3)9(2)14(18-11)19-7-6-10(8-19)12(15)20/h10H,4-8H2,1-3H3,(H2,15,20)(H,16,17,18). The second-order valence-electron chi connectivity index (χ2n) is 5.27. The summed E-state index contributed by atoms with van der Waals surface area (Å²) in [5.74, 6) is 2.34. The maximum Gasteiger partial charge on any atom is 0.222 e. The minimum absolute atomic E-state index is 0.0722. The molecule has 0 radical (unpaired) electrons. The van der Waals surface area contributed by atoms with Crippen LogP contribution in [0.25, 0.3) is 0 Å². The molecule has 1 aromatic heterocycles. The number of hydrogen-bond acceptors (Lipinski definition) is 5. The Kier molecular flexibility index (Phi) is 4.42. The van der Waals surface area contributed by atoms with Crippen LogP contribution >= 0.6 is 0 Å². The Hall–Kier alpha value is -1.85. The summed E-state index contributed by atoms with van der Waals surface area (Å²) >= 11 is 0. The molecular weight excluding hydrogens is 254 g/mol. The van der Waals surface area contributed by atoms with Crippen LogP contribution in [-0.4, -0.2) is 36.0 Å². The van der Waals surface area contributed by atoms with Gasteiger partial charge >= 0.3 is 0 Å². The van der Waals surface area contributed by atoms with Crippen molar-refractivity contribution in [2.45, 2.75) is 33.1 Å². The van der Waals surface area contributed by atoms with Gasteiger partial charge in [0.1, 0.15) is 17.5 Å². The molecule has 1 saturated heterocycles. The molecule has 0 spiro atoms. The third kappa shape index (κ3) is 2.84. The van der Waals surface area contributed by atoms with Crippen molar-refractivity contribution in [2.24, 2.45) is 11.7 Å². The summed E-state index contributed by atoms with van der Waals surface area (Å²) in [7, 11) is 1.87. The summed E-state index contributed by atoms with van der Waals surface area (Å²) in [5, 5.41) is 3.12. The van der Waals surface area contributed by atoms with Crippen molar-refractivity contribution >= 4 is 17.5 Å². The number of carbonyl (C=O) groups is 1. The van der Waals surface area contributed by atoms with Crippen molar-refractivity contribution in [2.75, 3.05) is 30.4 Å². The highest BCUT2D eigenvalue weighted by Gasteiger charge is 2.29. The van der Waals surface area contributed by atoms with Crippen LogP contribution in [0.2, 0.25) is 0 Å². The average molecular weight is 277 g/mol. The lowest BCUT2D eigenvalue weighted by Crippen LogP contribution is -2.28. The van der Waals surface area contributed by atoms with Gasteiger partial charge in [-0.1, -0.05) is 6.92 Å². The van der Waals surface area contributed by atoms with Gasteiger partial charge in [0.05, 0.1) is 5.92 Å². The van der Waals surface area contributed by atoms with Gasteiger partial charge in [0.15, 0.2) is 0 Å². The van der Waals surface area contributed by atoms with Crippen LogP contribution in [-0.2, 0) is 11.2 Å². The van der Waals surface area contributed by atoms with Crippen LogP contribution in [0.1, 0.15) is 31.2 Å². The molecule has 3 N–H and O–H groups in total. The molecule has 2 rings (SSSR count). The summed E-state index contributed by atoms with van der Waals surface area (Å²) in [6.07, 6.45) is 2.67. The molecule has 1 aliphatic rings. The summed E-state index contributed by atoms with van der Waals surface area (Å²) < 4.78 is 0. The van der Waals surface area contributed by atoms with Crippen molar-refractivity contribution in [1.29, 1.82) is 0 Å². The van der Waals surface area contributed by atoms with Crippen LogP contribution in [0, 0.1) is 12.8 Å². The van der Waals surface area contributed by atoms with Gasteiger partial charge in [0, 0.05) is 32.1 Å². The van der Waals surface area contributed by atoms with Crippen LogP contribution in [0.5, 0.6) is 0 Å². The maximum absolute atomic E-state index is 11.3. The Balaban J connectivity index is 2.30. The molecule has 1 atom stereocenters. The van der Waals surface area contributed by atoms with E-state index in [0.717, 1.165) is 48.8 Å². The Morgan fingerprint density at radius 2 is 2.25 bits per heavy atom.